The molecule has 0 amide bonds. The highest BCUT2D eigenvalue weighted by atomic mass is 16.5. The molecular weight excluding hydrogens is 228 g/mol. The van der Waals surface area contributed by atoms with Crippen LogP contribution in [0.25, 0.3) is 5.69 Å². The van der Waals surface area contributed by atoms with Crippen LogP contribution in [0.15, 0.2) is 42.6 Å². The summed E-state index contributed by atoms with van der Waals surface area (Å²) in [4.78, 5) is 12.0. The van der Waals surface area contributed by atoms with E-state index >= 15 is 0 Å². The van der Waals surface area contributed by atoms with E-state index < -0.39 is 0 Å². The minimum Gasteiger partial charge on any atom is -0.381 e. The van der Waals surface area contributed by atoms with Crippen molar-refractivity contribution in [1.29, 1.82) is 0 Å². The molecule has 0 saturated carbocycles. The van der Waals surface area contributed by atoms with Gasteiger partial charge >= 0.3 is 0 Å². The normalized spacial score (nSPS) is 10.5. The lowest BCUT2D eigenvalue weighted by atomic mass is 10.2. The number of hydrogen-bond donors (Lipinski definition) is 0. The second-order valence-corrected chi connectivity index (χ2v) is 3.83. The van der Waals surface area contributed by atoms with Crippen LogP contribution in [0.4, 0.5) is 0 Å². The van der Waals surface area contributed by atoms with E-state index in [-0.39, 0.29) is 5.78 Å². The van der Waals surface area contributed by atoms with Gasteiger partial charge in [0.05, 0.1) is 18.5 Å². The van der Waals surface area contributed by atoms with Gasteiger partial charge in [0, 0.05) is 13.0 Å². The molecule has 0 fully saturated rings. The molecule has 94 valence electrons. The van der Waals surface area contributed by atoms with Gasteiger partial charge in [-0.3, -0.25) is 4.79 Å². The van der Waals surface area contributed by atoms with E-state index in [0.29, 0.717) is 25.3 Å². The fourth-order valence-corrected chi connectivity index (χ4v) is 1.73. The van der Waals surface area contributed by atoms with E-state index in [1.807, 2.05) is 37.3 Å². The molecule has 0 aliphatic rings. The standard InChI is InChI=1S/C14H16N2O2/c1-2-18-11-9-14(17)13-8-10-15-16(13)12-6-4-3-5-7-12/h3-8,10H,2,9,11H2,1H3. The maximum atomic E-state index is 12.0. The Hall–Kier alpha value is -1.94. The molecule has 0 atom stereocenters. The molecular formula is C14H16N2O2. The Morgan fingerprint density at radius 3 is 2.78 bits per heavy atom. The predicted molar refractivity (Wildman–Crippen MR) is 69.0 cm³/mol. The minimum absolute atomic E-state index is 0.0461. The van der Waals surface area contributed by atoms with Gasteiger partial charge in [-0.15, -0.1) is 0 Å². The summed E-state index contributed by atoms with van der Waals surface area (Å²) >= 11 is 0. The highest BCUT2D eigenvalue weighted by Gasteiger charge is 2.12. The fourth-order valence-electron chi connectivity index (χ4n) is 1.73. The van der Waals surface area contributed by atoms with Crippen LogP contribution in [0.1, 0.15) is 23.8 Å². The van der Waals surface area contributed by atoms with Crippen molar-refractivity contribution in [3.63, 3.8) is 0 Å². The number of Topliss-reactive ketones (excluding diaryl/α,β-unsaturated/α-hetero) is 1. The summed E-state index contributed by atoms with van der Waals surface area (Å²) in [6.07, 6.45) is 2.02. The Balaban J connectivity index is 2.15. The lowest BCUT2D eigenvalue weighted by Crippen LogP contribution is -2.11. The topological polar surface area (TPSA) is 44.1 Å². The molecule has 0 spiro atoms. The molecule has 1 heterocycles. The lowest BCUT2D eigenvalue weighted by Gasteiger charge is -2.06. The number of ether oxygens (including phenoxy) is 1. The summed E-state index contributed by atoms with van der Waals surface area (Å²) in [5.74, 6) is 0.0461. The zero-order chi connectivity index (χ0) is 12.8. The van der Waals surface area contributed by atoms with Gasteiger partial charge in [0.1, 0.15) is 5.69 Å². The molecule has 4 nitrogen and oxygen atoms in total. The van der Waals surface area contributed by atoms with Gasteiger partial charge in [-0.05, 0) is 25.1 Å². The molecule has 0 saturated heterocycles. The number of carbonyl (C=O) groups is 1. The van der Waals surface area contributed by atoms with E-state index in [1.165, 1.54) is 0 Å². The second-order valence-electron chi connectivity index (χ2n) is 3.83. The molecule has 18 heavy (non-hydrogen) atoms. The van der Waals surface area contributed by atoms with Crippen LogP contribution in [0.3, 0.4) is 0 Å². The van der Waals surface area contributed by atoms with Crippen molar-refractivity contribution in [3.8, 4) is 5.69 Å². The molecule has 0 radical (unpaired) electrons. The number of benzene rings is 1. The Labute approximate surface area is 106 Å². The summed E-state index contributed by atoms with van der Waals surface area (Å²) in [7, 11) is 0. The van der Waals surface area contributed by atoms with Gasteiger partial charge in [-0.2, -0.15) is 5.10 Å². The zero-order valence-electron chi connectivity index (χ0n) is 10.4. The first-order valence-corrected chi connectivity index (χ1v) is 6.03. The molecule has 1 aromatic carbocycles. The van der Waals surface area contributed by atoms with Crippen LogP contribution in [-0.4, -0.2) is 28.8 Å². The first-order valence-electron chi connectivity index (χ1n) is 6.03. The number of hydrogen-bond acceptors (Lipinski definition) is 3. The largest absolute Gasteiger partial charge is 0.381 e. The summed E-state index contributed by atoms with van der Waals surface area (Å²) in [5.41, 5.74) is 1.49. The summed E-state index contributed by atoms with van der Waals surface area (Å²) in [6.45, 7) is 3.00. The molecule has 0 unspecified atom stereocenters. The highest BCUT2D eigenvalue weighted by Crippen LogP contribution is 2.11. The quantitative estimate of drug-likeness (QED) is 0.579. The number of carbonyl (C=O) groups excluding carboxylic acids is 1. The first kappa shape index (κ1) is 12.5. The molecule has 0 N–H and O–H groups in total. The maximum Gasteiger partial charge on any atom is 0.183 e. The smallest absolute Gasteiger partial charge is 0.183 e. The second kappa shape index (κ2) is 6.12. The van der Waals surface area contributed by atoms with Crippen LogP contribution in [0, 0.1) is 0 Å². The number of rotatable bonds is 6. The molecule has 0 bridgehead atoms. The Morgan fingerprint density at radius 2 is 2.06 bits per heavy atom. The van der Waals surface area contributed by atoms with Crippen molar-refractivity contribution >= 4 is 5.78 Å². The molecule has 4 heteroatoms. The predicted octanol–water partition coefficient (Wildman–Crippen LogP) is 2.48. The Kier molecular flexibility index (Phi) is 4.25. The van der Waals surface area contributed by atoms with E-state index in [4.69, 9.17) is 4.74 Å². The van der Waals surface area contributed by atoms with Crippen LogP contribution in [0.5, 0.6) is 0 Å². The van der Waals surface area contributed by atoms with Gasteiger partial charge < -0.3 is 4.74 Å². The van der Waals surface area contributed by atoms with Gasteiger partial charge in [0.15, 0.2) is 5.78 Å². The SMILES string of the molecule is CCOCCC(=O)c1ccnn1-c1ccccc1. The van der Waals surface area contributed by atoms with E-state index in [2.05, 4.69) is 5.10 Å². The molecule has 2 aromatic rings. The summed E-state index contributed by atoms with van der Waals surface area (Å²) in [6, 6.07) is 11.4. The number of ketones is 1. The van der Waals surface area contributed by atoms with Crippen molar-refractivity contribution in [3.05, 3.63) is 48.3 Å². The summed E-state index contributed by atoms with van der Waals surface area (Å²) < 4.78 is 6.86. The highest BCUT2D eigenvalue weighted by molar-refractivity contribution is 5.95. The van der Waals surface area contributed by atoms with E-state index in [9.17, 15) is 4.79 Å². The third kappa shape index (κ3) is 2.84. The van der Waals surface area contributed by atoms with Crippen molar-refractivity contribution in [2.45, 2.75) is 13.3 Å². The summed E-state index contributed by atoms with van der Waals surface area (Å²) in [5, 5.41) is 4.19. The first-order chi connectivity index (χ1) is 8.83. The zero-order valence-corrected chi connectivity index (χ0v) is 10.4. The minimum atomic E-state index is 0.0461. The monoisotopic (exact) mass is 244 g/mol. The average Bonchev–Trinajstić information content (AvgIpc) is 2.89. The third-order valence-corrected chi connectivity index (χ3v) is 2.61. The lowest BCUT2D eigenvalue weighted by molar-refractivity contribution is 0.0888. The Bertz CT molecular complexity index is 506. The molecule has 2 rings (SSSR count). The third-order valence-electron chi connectivity index (χ3n) is 2.61. The van der Waals surface area contributed by atoms with Crippen LogP contribution < -0.4 is 0 Å². The number of nitrogens with zero attached hydrogens (tertiary/aromatic N) is 2. The number of para-hydroxylation sites is 1. The molecule has 0 aliphatic carbocycles. The van der Waals surface area contributed by atoms with Crippen molar-refractivity contribution in [2.75, 3.05) is 13.2 Å². The van der Waals surface area contributed by atoms with Gasteiger partial charge in [0.2, 0.25) is 0 Å². The van der Waals surface area contributed by atoms with Crippen LogP contribution >= 0.6 is 0 Å². The number of aromatic nitrogens is 2. The fraction of sp³-hybridized carbons (Fsp3) is 0.286. The maximum absolute atomic E-state index is 12.0. The molecule has 1 aromatic heterocycles. The van der Waals surface area contributed by atoms with Crippen molar-refractivity contribution in [2.24, 2.45) is 0 Å². The molecule has 0 aliphatic heterocycles. The van der Waals surface area contributed by atoms with Gasteiger partial charge in [0.25, 0.3) is 0 Å². The van der Waals surface area contributed by atoms with Crippen molar-refractivity contribution < 1.29 is 9.53 Å². The Morgan fingerprint density at radius 1 is 1.28 bits per heavy atom. The van der Waals surface area contributed by atoms with E-state index in [0.717, 1.165) is 5.69 Å². The van der Waals surface area contributed by atoms with Crippen LogP contribution in [-0.2, 0) is 4.74 Å². The van der Waals surface area contributed by atoms with Gasteiger partial charge in [-0.25, -0.2) is 4.68 Å². The van der Waals surface area contributed by atoms with Gasteiger partial charge in [-0.1, -0.05) is 18.2 Å². The van der Waals surface area contributed by atoms with E-state index in [1.54, 1.807) is 16.9 Å². The average molecular weight is 244 g/mol. The van der Waals surface area contributed by atoms with Crippen LogP contribution in [0.2, 0.25) is 0 Å². The van der Waals surface area contributed by atoms with Crippen molar-refractivity contribution in [1.82, 2.24) is 9.78 Å².